The van der Waals surface area contributed by atoms with E-state index in [-0.39, 0.29) is 39.0 Å². The molecule has 0 radical (unpaired) electrons. The smallest absolute Gasteiger partial charge is 0.305 e. The number of ether oxygens (including phenoxy) is 3. The number of aliphatic hydroxyl groups is 4. The van der Waals surface area contributed by atoms with Gasteiger partial charge in [0.1, 0.15) is 24.9 Å². The molecule has 8 nitrogen and oxygen atoms in total. The van der Waals surface area contributed by atoms with Crippen LogP contribution in [0.4, 0.5) is 0 Å². The summed E-state index contributed by atoms with van der Waals surface area (Å²) < 4.78 is 15.3. The average Bonchev–Trinajstić information content (AvgIpc) is 2.85. The number of carbonyl (C=O) groups excluding carboxylic acids is 1. The van der Waals surface area contributed by atoms with E-state index >= 15 is 0 Å². The number of unbranched alkanes of at least 4 members (excludes halogenated alkanes) is 11. The highest BCUT2D eigenvalue weighted by Gasteiger charge is 2.12. The van der Waals surface area contributed by atoms with Gasteiger partial charge in [0, 0.05) is 6.42 Å². The molecule has 0 bridgehead atoms. The predicted octanol–water partition coefficient (Wildman–Crippen LogP) is 3.68. The van der Waals surface area contributed by atoms with Crippen LogP contribution in [-0.2, 0) is 19.0 Å². The van der Waals surface area contributed by atoms with E-state index < -0.39 is 24.9 Å². The second-order valence-electron chi connectivity index (χ2n) is 9.24. The van der Waals surface area contributed by atoms with Crippen LogP contribution in [-0.4, -0.2) is 84.3 Å². The second-order valence-corrected chi connectivity index (χ2v) is 9.24. The second kappa shape index (κ2) is 26.0. The first kappa shape index (κ1) is 34.0. The quantitative estimate of drug-likeness (QED) is 0.0799. The molecule has 8 heteroatoms. The topological polar surface area (TPSA) is 126 Å². The Kier molecular flexibility index (Phi) is 25.3. The minimum absolute atomic E-state index is 0.0574. The molecule has 0 aromatic heterocycles. The molecule has 0 aliphatic carbocycles. The van der Waals surface area contributed by atoms with Gasteiger partial charge < -0.3 is 34.6 Å². The molecule has 0 saturated carbocycles. The third-order valence-corrected chi connectivity index (χ3v) is 5.53. The Morgan fingerprint density at radius 2 is 1.11 bits per heavy atom. The van der Waals surface area contributed by atoms with E-state index in [0.717, 1.165) is 25.7 Å². The normalized spacial score (nSPS) is 14.3. The summed E-state index contributed by atoms with van der Waals surface area (Å²) in [6, 6.07) is 0. The van der Waals surface area contributed by atoms with Crippen molar-refractivity contribution in [1.29, 1.82) is 0 Å². The molecular formula is C27H52O8. The SMILES string of the molecule is CCCCCCCC/C=C\CCCCCCCC(=O)OC[C@H](O)COC[C@@H](O)COC[C@H](O)CO. The highest BCUT2D eigenvalue weighted by molar-refractivity contribution is 5.69. The van der Waals surface area contributed by atoms with Crippen LogP contribution in [0.2, 0.25) is 0 Å². The maximum Gasteiger partial charge on any atom is 0.305 e. The first-order valence-corrected chi connectivity index (χ1v) is 13.6. The van der Waals surface area contributed by atoms with E-state index in [4.69, 9.17) is 24.4 Å². The van der Waals surface area contributed by atoms with E-state index in [9.17, 15) is 15.0 Å². The molecule has 0 aromatic rings. The van der Waals surface area contributed by atoms with E-state index in [1.54, 1.807) is 0 Å². The lowest BCUT2D eigenvalue weighted by molar-refractivity contribution is -0.148. The molecule has 0 unspecified atom stereocenters. The Bertz CT molecular complexity index is 486. The van der Waals surface area contributed by atoms with Crippen molar-refractivity contribution in [2.24, 2.45) is 0 Å². The van der Waals surface area contributed by atoms with Gasteiger partial charge in [-0.1, -0.05) is 70.4 Å². The van der Waals surface area contributed by atoms with Gasteiger partial charge in [0.15, 0.2) is 0 Å². The lowest BCUT2D eigenvalue weighted by Gasteiger charge is -2.15. The molecule has 0 aliphatic heterocycles. The van der Waals surface area contributed by atoms with Crippen molar-refractivity contribution in [2.45, 2.75) is 115 Å². The van der Waals surface area contributed by atoms with Crippen molar-refractivity contribution in [3.8, 4) is 0 Å². The van der Waals surface area contributed by atoms with Crippen LogP contribution in [0.3, 0.4) is 0 Å². The van der Waals surface area contributed by atoms with Gasteiger partial charge in [0.25, 0.3) is 0 Å². The van der Waals surface area contributed by atoms with Crippen LogP contribution in [0.15, 0.2) is 12.2 Å². The molecule has 208 valence electrons. The van der Waals surface area contributed by atoms with Crippen LogP contribution in [0.5, 0.6) is 0 Å². The Morgan fingerprint density at radius 3 is 1.66 bits per heavy atom. The molecule has 0 spiro atoms. The first-order chi connectivity index (χ1) is 17.0. The Morgan fingerprint density at radius 1 is 0.657 bits per heavy atom. The summed E-state index contributed by atoms with van der Waals surface area (Å²) in [5.41, 5.74) is 0. The van der Waals surface area contributed by atoms with Crippen LogP contribution in [0, 0.1) is 0 Å². The number of carbonyl (C=O) groups is 1. The van der Waals surface area contributed by atoms with Gasteiger partial charge in [-0.05, 0) is 32.1 Å². The van der Waals surface area contributed by atoms with Crippen molar-refractivity contribution in [2.75, 3.05) is 39.6 Å². The third kappa shape index (κ3) is 25.9. The van der Waals surface area contributed by atoms with Crippen LogP contribution < -0.4 is 0 Å². The van der Waals surface area contributed by atoms with Gasteiger partial charge in [-0.2, -0.15) is 0 Å². The largest absolute Gasteiger partial charge is 0.463 e. The standard InChI is InChI=1S/C27H52O8/c1-2-3-4-5-6-7-8-9-10-11-12-13-14-15-16-17-27(32)35-23-26(31)22-34-21-25(30)20-33-19-24(29)18-28/h9-10,24-26,28-31H,2-8,11-23H2,1H3/b10-9-/t24-,25+,26-/m1/s1. The number of rotatable bonds is 26. The molecule has 0 fully saturated rings. The number of allylic oxidation sites excluding steroid dienone is 2. The molecule has 0 heterocycles. The highest BCUT2D eigenvalue weighted by atomic mass is 16.6. The van der Waals surface area contributed by atoms with E-state index in [0.29, 0.717) is 6.42 Å². The number of hydrogen-bond acceptors (Lipinski definition) is 8. The minimum Gasteiger partial charge on any atom is -0.463 e. The Balaban J connectivity index is 3.45. The number of aliphatic hydroxyl groups excluding tert-OH is 4. The molecule has 0 rings (SSSR count). The lowest BCUT2D eigenvalue weighted by atomic mass is 10.1. The van der Waals surface area contributed by atoms with Gasteiger partial charge in [-0.25, -0.2) is 0 Å². The fourth-order valence-electron chi connectivity index (χ4n) is 3.43. The van der Waals surface area contributed by atoms with Crippen molar-refractivity contribution < 1.29 is 39.4 Å². The van der Waals surface area contributed by atoms with Crippen molar-refractivity contribution >= 4 is 5.97 Å². The zero-order valence-electron chi connectivity index (χ0n) is 22.0. The maximum atomic E-state index is 11.8. The summed E-state index contributed by atoms with van der Waals surface area (Å²) >= 11 is 0. The monoisotopic (exact) mass is 504 g/mol. The molecular weight excluding hydrogens is 452 g/mol. The molecule has 3 atom stereocenters. The third-order valence-electron chi connectivity index (χ3n) is 5.53. The van der Waals surface area contributed by atoms with Crippen LogP contribution in [0.1, 0.15) is 96.8 Å². The Labute approximate surface area is 212 Å². The van der Waals surface area contributed by atoms with E-state index in [1.165, 1.54) is 57.8 Å². The van der Waals surface area contributed by atoms with Gasteiger partial charge >= 0.3 is 5.97 Å². The summed E-state index contributed by atoms with van der Waals surface area (Å²) in [4.78, 5) is 11.8. The van der Waals surface area contributed by atoms with Gasteiger partial charge in [-0.3, -0.25) is 4.79 Å². The number of hydrogen-bond donors (Lipinski definition) is 4. The van der Waals surface area contributed by atoms with Gasteiger partial charge in [0.2, 0.25) is 0 Å². The molecule has 0 amide bonds. The summed E-state index contributed by atoms with van der Waals surface area (Å²) in [7, 11) is 0. The van der Waals surface area contributed by atoms with Gasteiger partial charge in [0.05, 0.1) is 33.0 Å². The van der Waals surface area contributed by atoms with E-state index in [2.05, 4.69) is 19.1 Å². The summed E-state index contributed by atoms with van der Waals surface area (Å²) in [5.74, 6) is -0.322. The molecule has 0 saturated heterocycles. The predicted molar refractivity (Wildman–Crippen MR) is 137 cm³/mol. The summed E-state index contributed by atoms with van der Waals surface area (Å²) in [6.45, 7) is 1.43. The summed E-state index contributed by atoms with van der Waals surface area (Å²) in [5, 5.41) is 37.3. The molecule has 4 N–H and O–H groups in total. The lowest BCUT2D eigenvalue weighted by Crippen LogP contribution is -2.29. The fraction of sp³-hybridized carbons (Fsp3) is 0.889. The van der Waals surface area contributed by atoms with Crippen molar-refractivity contribution in [3.63, 3.8) is 0 Å². The van der Waals surface area contributed by atoms with Crippen LogP contribution in [0.25, 0.3) is 0 Å². The fourth-order valence-corrected chi connectivity index (χ4v) is 3.43. The van der Waals surface area contributed by atoms with Crippen LogP contribution >= 0.6 is 0 Å². The molecule has 35 heavy (non-hydrogen) atoms. The molecule has 0 aromatic carbocycles. The maximum absolute atomic E-state index is 11.8. The van der Waals surface area contributed by atoms with E-state index in [1.807, 2.05) is 0 Å². The zero-order chi connectivity index (χ0) is 26.0. The minimum atomic E-state index is -0.980. The highest BCUT2D eigenvalue weighted by Crippen LogP contribution is 2.10. The summed E-state index contributed by atoms with van der Waals surface area (Å²) in [6.07, 6.45) is 17.8. The van der Waals surface area contributed by atoms with Crippen molar-refractivity contribution in [1.82, 2.24) is 0 Å². The first-order valence-electron chi connectivity index (χ1n) is 13.6. The van der Waals surface area contributed by atoms with Gasteiger partial charge in [-0.15, -0.1) is 0 Å². The average molecular weight is 505 g/mol. The zero-order valence-corrected chi connectivity index (χ0v) is 22.0. The number of esters is 1. The van der Waals surface area contributed by atoms with Crippen molar-refractivity contribution in [3.05, 3.63) is 12.2 Å². The Hall–Kier alpha value is -1.03. The molecule has 0 aliphatic rings.